The van der Waals surface area contributed by atoms with Crippen molar-refractivity contribution in [1.29, 1.82) is 5.26 Å². The van der Waals surface area contributed by atoms with E-state index in [9.17, 15) is 10.1 Å². The highest BCUT2D eigenvalue weighted by Crippen LogP contribution is 2.35. The number of nitrogens with zero attached hydrogens (tertiary/aromatic N) is 1. The highest BCUT2D eigenvalue weighted by atomic mass is 79.9. The van der Waals surface area contributed by atoms with E-state index in [1.165, 1.54) is 6.08 Å². The second-order valence-electron chi connectivity index (χ2n) is 6.81. The van der Waals surface area contributed by atoms with Crippen LogP contribution in [0.4, 0.5) is 5.69 Å². The van der Waals surface area contributed by atoms with Crippen LogP contribution in [-0.2, 0) is 11.4 Å². The molecule has 0 aliphatic heterocycles. The van der Waals surface area contributed by atoms with Crippen LogP contribution in [-0.4, -0.2) is 12.5 Å². The van der Waals surface area contributed by atoms with Gasteiger partial charge in [0.05, 0.1) is 16.7 Å². The standard InChI is InChI=1S/C25H19BrCl2N2O3/c1-2-32-21-9-7-20(8-10-21)30-25(31)18(14-29)11-17-12-22(27)24(23(28)13-17)33-15-16-3-5-19(26)6-4-16/h3-13H,2,15H2,1H3,(H,30,31)/b18-11-. The van der Waals surface area contributed by atoms with Crippen LogP contribution in [0.3, 0.4) is 0 Å². The van der Waals surface area contributed by atoms with Crippen LogP contribution < -0.4 is 14.8 Å². The van der Waals surface area contributed by atoms with E-state index in [2.05, 4.69) is 21.2 Å². The van der Waals surface area contributed by atoms with E-state index in [-0.39, 0.29) is 22.2 Å². The van der Waals surface area contributed by atoms with Crippen LogP contribution in [0.1, 0.15) is 18.1 Å². The lowest BCUT2D eigenvalue weighted by atomic mass is 10.1. The summed E-state index contributed by atoms with van der Waals surface area (Å²) in [6, 6.07) is 19.6. The molecule has 0 saturated carbocycles. The Morgan fingerprint density at radius 1 is 1.06 bits per heavy atom. The SMILES string of the molecule is CCOc1ccc(NC(=O)/C(C#N)=C\c2cc(Cl)c(OCc3ccc(Br)cc3)c(Cl)c2)cc1. The van der Waals surface area contributed by atoms with Crippen LogP contribution in [0, 0.1) is 11.3 Å². The van der Waals surface area contributed by atoms with Gasteiger partial charge in [-0.15, -0.1) is 0 Å². The number of hydrogen-bond donors (Lipinski definition) is 1. The Kier molecular flexibility index (Phi) is 8.79. The lowest BCUT2D eigenvalue weighted by Gasteiger charge is -2.11. The molecule has 0 saturated heterocycles. The van der Waals surface area contributed by atoms with Crippen LogP contribution in [0.5, 0.6) is 11.5 Å². The molecule has 0 unspecified atom stereocenters. The Bertz CT molecular complexity index is 1180. The topological polar surface area (TPSA) is 71.3 Å². The second-order valence-corrected chi connectivity index (χ2v) is 8.54. The van der Waals surface area contributed by atoms with E-state index in [0.29, 0.717) is 29.4 Å². The zero-order chi connectivity index (χ0) is 23.8. The molecule has 3 rings (SSSR count). The molecule has 3 aromatic carbocycles. The maximum Gasteiger partial charge on any atom is 0.266 e. The molecule has 8 heteroatoms. The van der Waals surface area contributed by atoms with Gasteiger partial charge in [0.1, 0.15) is 24.0 Å². The zero-order valence-corrected chi connectivity index (χ0v) is 20.7. The Hall–Kier alpha value is -2.98. The van der Waals surface area contributed by atoms with E-state index in [1.807, 2.05) is 37.3 Å². The lowest BCUT2D eigenvalue weighted by Crippen LogP contribution is -2.13. The van der Waals surface area contributed by atoms with Gasteiger partial charge in [-0.05, 0) is 72.7 Å². The maximum atomic E-state index is 12.6. The summed E-state index contributed by atoms with van der Waals surface area (Å²) in [6.45, 7) is 2.72. The van der Waals surface area contributed by atoms with Crippen molar-refractivity contribution in [3.8, 4) is 17.6 Å². The zero-order valence-electron chi connectivity index (χ0n) is 17.6. The summed E-state index contributed by atoms with van der Waals surface area (Å²) in [4.78, 5) is 12.6. The van der Waals surface area contributed by atoms with Crippen molar-refractivity contribution in [2.75, 3.05) is 11.9 Å². The predicted molar refractivity (Wildman–Crippen MR) is 135 cm³/mol. The molecule has 3 aromatic rings. The largest absolute Gasteiger partial charge is 0.494 e. The molecule has 33 heavy (non-hydrogen) atoms. The normalized spacial score (nSPS) is 10.9. The number of carbonyl (C=O) groups excluding carboxylic acids is 1. The Labute approximate surface area is 210 Å². The minimum atomic E-state index is -0.551. The van der Waals surface area contributed by atoms with Gasteiger partial charge < -0.3 is 14.8 Å². The molecule has 0 aromatic heterocycles. The average Bonchev–Trinajstić information content (AvgIpc) is 2.79. The van der Waals surface area contributed by atoms with E-state index >= 15 is 0 Å². The molecule has 0 heterocycles. The van der Waals surface area contributed by atoms with Gasteiger partial charge in [-0.3, -0.25) is 4.79 Å². The average molecular weight is 546 g/mol. The Morgan fingerprint density at radius 2 is 1.70 bits per heavy atom. The molecule has 168 valence electrons. The quantitative estimate of drug-likeness (QED) is 0.238. The fourth-order valence-electron chi connectivity index (χ4n) is 2.85. The Balaban J connectivity index is 1.72. The lowest BCUT2D eigenvalue weighted by molar-refractivity contribution is -0.112. The summed E-state index contributed by atoms with van der Waals surface area (Å²) >= 11 is 16.1. The van der Waals surface area contributed by atoms with Crippen LogP contribution in [0.25, 0.3) is 6.08 Å². The number of nitriles is 1. The van der Waals surface area contributed by atoms with Gasteiger partial charge in [-0.2, -0.15) is 5.26 Å². The van der Waals surface area contributed by atoms with Gasteiger partial charge in [-0.1, -0.05) is 51.3 Å². The summed E-state index contributed by atoms with van der Waals surface area (Å²) in [7, 11) is 0. The van der Waals surface area contributed by atoms with Crippen molar-refractivity contribution < 1.29 is 14.3 Å². The van der Waals surface area contributed by atoms with Gasteiger partial charge >= 0.3 is 0 Å². The molecule has 0 atom stereocenters. The molecule has 1 N–H and O–H groups in total. The first kappa shape index (κ1) is 24.7. The van der Waals surface area contributed by atoms with Gasteiger partial charge in [0.2, 0.25) is 0 Å². The fraction of sp³-hybridized carbons (Fsp3) is 0.120. The third-order valence-corrected chi connectivity index (χ3v) is 5.51. The summed E-state index contributed by atoms with van der Waals surface area (Å²) in [6.07, 6.45) is 1.42. The number of benzene rings is 3. The van der Waals surface area contributed by atoms with E-state index in [4.69, 9.17) is 32.7 Å². The number of rotatable bonds is 8. The molecule has 0 radical (unpaired) electrons. The number of ether oxygens (including phenoxy) is 2. The molecule has 0 aliphatic carbocycles. The first-order valence-corrected chi connectivity index (χ1v) is 11.5. The maximum absolute atomic E-state index is 12.6. The fourth-order valence-corrected chi connectivity index (χ4v) is 3.73. The number of amides is 1. The highest BCUT2D eigenvalue weighted by Gasteiger charge is 2.13. The Morgan fingerprint density at radius 3 is 2.27 bits per heavy atom. The van der Waals surface area contributed by atoms with Gasteiger partial charge in [0, 0.05) is 10.2 Å². The number of nitrogens with one attached hydrogen (secondary N) is 1. The van der Waals surface area contributed by atoms with Gasteiger partial charge in [0.15, 0.2) is 5.75 Å². The van der Waals surface area contributed by atoms with Crippen LogP contribution in [0.2, 0.25) is 10.0 Å². The molecule has 5 nitrogen and oxygen atoms in total. The number of anilines is 1. The third kappa shape index (κ3) is 7.00. The first-order valence-electron chi connectivity index (χ1n) is 9.92. The van der Waals surface area contributed by atoms with E-state index in [1.54, 1.807) is 36.4 Å². The smallest absolute Gasteiger partial charge is 0.266 e. The molecule has 1 amide bonds. The third-order valence-electron chi connectivity index (χ3n) is 4.42. The molecule has 0 bridgehead atoms. The van der Waals surface area contributed by atoms with Crippen molar-refractivity contribution in [2.45, 2.75) is 13.5 Å². The molecule has 0 fully saturated rings. The summed E-state index contributed by atoms with van der Waals surface area (Å²) in [5, 5.41) is 12.7. The highest BCUT2D eigenvalue weighted by molar-refractivity contribution is 9.10. The minimum absolute atomic E-state index is 0.0976. The van der Waals surface area contributed by atoms with Crippen LogP contribution >= 0.6 is 39.1 Å². The van der Waals surface area contributed by atoms with Crippen molar-refractivity contribution in [3.63, 3.8) is 0 Å². The van der Waals surface area contributed by atoms with E-state index in [0.717, 1.165) is 10.0 Å². The molecule has 0 aliphatic rings. The number of hydrogen-bond acceptors (Lipinski definition) is 4. The van der Waals surface area contributed by atoms with Crippen molar-refractivity contribution >= 4 is 56.8 Å². The summed E-state index contributed by atoms with van der Waals surface area (Å²) in [5.74, 6) is 0.471. The van der Waals surface area contributed by atoms with Crippen molar-refractivity contribution in [3.05, 3.63) is 91.9 Å². The predicted octanol–water partition coefficient (Wildman–Crippen LogP) is 7.28. The van der Waals surface area contributed by atoms with Crippen LogP contribution in [0.15, 0.2) is 70.7 Å². The summed E-state index contributed by atoms with van der Waals surface area (Å²) in [5.41, 5.74) is 1.89. The molecule has 0 spiro atoms. The minimum Gasteiger partial charge on any atom is -0.494 e. The van der Waals surface area contributed by atoms with Gasteiger partial charge in [-0.25, -0.2) is 0 Å². The van der Waals surface area contributed by atoms with Crippen molar-refractivity contribution in [2.24, 2.45) is 0 Å². The first-order chi connectivity index (χ1) is 15.9. The number of carbonyl (C=O) groups is 1. The summed E-state index contributed by atoms with van der Waals surface area (Å²) < 4.78 is 12.1. The second kappa shape index (κ2) is 11.8. The molecular weight excluding hydrogens is 527 g/mol. The van der Waals surface area contributed by atoms with E-state index < -0.39 is 5.91 Å². The van der Waals surface area contributed by atoms with Crippen molar-refractivity contribution in [1.82, 2.24) is 0 Å². The monoisotopic (exact) mass is 544 g/mol. The molecular formula is C25H19BrCl2N2O3. The van der Waals surface area contributed by atoms with Gasteiger partial charge in [0.25, 0.3) is 5.91 Å². The number of halogens is 3.